The van der Waals surface area contributed by atoms with E-state index in [-0.39, 0.29) is 28.9 Å². The van der Waals surface area contributed by atoms with Crippen molar-refractivity contribution in [1.29, 1.82) is 0 Å². The van der Waals surface area contributed by atoms with Crippen molar-refractivity contribution in [2.24, 2.45) is 0 Å². The second-order valence-electron chi connectivity index (χ2n) is 12.8. The number of sulfonamides is 1. The largest absolute Gasteiger partial charge is 0.778 e. The molecule has 0 aliphatic carbocycles. The number of nitro benzene ring substituents is 1. The van der Waals surface area contributed by atoms with Crippen molar-refractivity contribution in [2.75, 3.05) is 49.5 Å². The Balaban J connectivity index is 0.000000361. The topological polar surface area (TPSA) is 304 Å². The zero-order chi connectivity index (χ0) is 50.2. The number of alkyl halides is 3. The lowest BCUT2D eigenvalue weighted by molar-refractivity contribution is -0.385. The predicted molar refractivity (Wildman–Crippen MR) is 225 cm³/mol. The number of hydrogen-bond donors (Lipinski definition) is 4. The summed E-state index contributed by atoms with van der Waals surface area (Å²) in [6.45, 7) is 2.05. The molecule has 0 saturated heterocycles. The third-order valence-electron chi connectivity index (χ3n) is 6.85. The van der Waals surface area contributed by atoms with Gasteiger partial charge in [0.1, 0.15) is 42.0 Å². The molecule has 1 atom stereocenters. The van der Waals surface area contributed by atoms with Gasteiger partial charge in [0.15, 0.2) is 6.61 Å². The van der Waals surface area contributed by atoms with Gasteiger partial charge in [0.2, 0.25) is 0 Å². The molecule has 2 heterocycles. The highest BCUT2D eigenvalue weighted by Gasteiger charge is 2.31. The second kappa shape index (κ2) is 25.0. The zero-order valence-electron chi connectivity index (χ0n) is 34.7. The van der Waals surface area contributed by atoms with Crippen LogP contribution in [0, 0.1) is 28.7 Å². The minimum absolute atomic E-state index is 0.0493. The molecule has 21 nitrogen and oxygen atoms in total. The summed E-state index contributed by atoms with van der Waals surface area (Å²) in [5.41, 5.74) is -2.33. The SMILES string of the molecule is CCOC(=O)COC(=O)c1cc(Oc2ccc(C(F)(F)F)cc2Cl)ccc1[N+](=O)[O-].C[S+](C)C.Cc1ccn2nc(S(=O)(=O)Nc3c(F)cccc3F)nc2n1.O=C(O)CNCP(=O)([O-])O. The van der Waals surface area contributed by atoms with Crippen LogP contribution in [0.3, 0.4) is 0 Å². The number of carbonyl (C=O) groups is 3. The molecule has 30 heteroatoms. The summed E-state index contributed by atoms with van der Waals surface area (Å²) < 4.78 is 117. The number of nitrogens with one attached hydrogen (secondary N) is 2. The number of carboxylic acid groups (broad SMARTS) is 1. The summed E-state index contributed by atoms with van der Waals surface area (Å²) >= 11 is 5.81. The van der Waals surface area contributed by atoms with E-state index in [4.69, 9.17) is 31.1 Å². The van der Waals surface area contributed by atoms with Gasteiger partial charge in [0.05, 0.1) is 53.7 Å². The molecule has 0 amide bonds. The van der Waals surface area contributed by atoms with Crippen molar-refractivity contribution in [1.82, 2.24) is 24.9 Å². The van der Waals surface area contributed by atoms with Crippen LogP contribution in [0.25, 0.3) is 5.78 Å². The fourth-order valence-electron chi connectivity index (χ4n) is 4.23. The molecule has 4 N–H and O–H groups in total. The molecule has 3 aromatic carbocycles. The average molecular weight is 1020 g/mol. The van der Waals surface area contributed by atoms with Crippen LogP contribution < -0.4 is 19.7 Å². The van der Waals surface area contributed by atoms with Gasteiger partial charge < -0.3 is 33.7 Å². The summed E-state index contributed by atoms with van der Waals surface area (Å²) in [6, 6.07) is 9.96. The molecule has 0 fully saturated rings. The highest BCUT2D eigenvalue weighted by atomic mass is 35.5. The summed E-state index contributed by atoms with van der Waals surface area (Å²) in [7, 11) is -8.05. The molecule has 1 unspecified atom stereocenters. The molecule has 0 aliphatic rings. The van der Waals surface area contributed by atoms with E-state index in [1.807, 2.05) is 5.32 Å². The average Bonchev–Trinajstić information content (AvgIpc) is 3.63. The van der Waals surface area contributed by atoms with E-state index in [9.17, 15) is 64.3 Å². The molecule has 5 aromatic rings. The Morgan fingerprint density at radius 1 is 1.02 bits per heavy atom. The Bertz CT molecular complexity index is 2650. The van der Waals surface area contributed by atoms with E-state index < -0.39 is 105 Å². The van der Waals surface area contributed by atoms with Gasteiger partial charge in [-0.15, -0.1) is 5.10 Å². The van der Waals surface area contributed by atoms with E-state index in [1.165, 1.54) is 13.1 Å². The van der Waals surface area contributed by atoms with Crippen LogP contribution >= 0.6 is 19.2 Å². The van der Waals surface area contributed by atoms with Gasteiger partial charge in [0, 0.05) is 24.0 Å². The van der Waals surface area contributed by atoms with E-state index in [2.05, 4.69) is 38.6 Å². The van der Waals surface area contributed by atoms with E-state index in [0.29, 0.717) is 22.7 Å². The quantitative estimate of drug-likeness (QED) is 0.0286. The molecule has 0 spiro atoms. The van der Waals surface area contributed by atoms with Gasteiger partial charge in [-0.2, -0.15) is 26.6 Å². The normalized spacial score (nSPS) is 11.9. The third kappa shape index (κ3) is 19.2. The molecule has 0 aliphatic heterocycles. The maximum absolute atomic E-state index is 13.5. The zero-order valence-corrected chi connectivity index (χ0v) is 38.0. The number of hydrogen-bond acceptors (Lipinski definition) is 16. The highest BCUT2D eigenvalue weighted by Crippen LogP contribution is 2.37. The fourth-order valence-corrected chi connectivity index (χ4v) is 5.80. The summed E-state index contributed by atoms with van der Waals surface area (Å²) in [4.78, 5) is 69.3. The number of carboxylic acids is 1. The minimum atomic E-state index is -4.61. The lowest BCUT2D eigenvalue weighted by atomic mass is 10.1. The molecule has 66 heavy (non-hydrogen) atoms. The first-order chi connectivity index (χ1) is 30.5. The summed E-state index contributed by atoms with van der Waals surface area (Å²) in [5, 5.41) is 23.9. The summed E-state index contributed by atoms with van der Waals surface area (Å²) in [6.07, 6.45) is 2.75. The lowest BCUT2D eigenvalue weighted by Gasteiger charge is -2.14. The number of ether oxygens (including phenoxy) is 3. The number of aryl methyl sites for hydroxylation is 1. The number of benzene rings is 3. The molecular weight excluding hydrogens is 980 g/mol. The highest BCUT2D eigenvalue weighted by molar-refractivity contribution is 7.94. The Labute approximate surface area is 379 Å². The minimum Gasteiger partial charge on any atom is -0.778 e. The number of fused-ring (bicyclic) bond motifs is 1. The lowest BCUT2D eigenvalue weighted by Crippen LogP contribution is -2.25. The van der Waals surface area contributed by atoms with Crippen LogP contribution in [-0.2, 0) is 50.7 Å². The second-order valence-corrected chi connectivity index (χ2v) is 18.8. The van der Waals surface area contributed by atoms with Gasteiger partial charge >= 0.3 is 24.1 Å². The number of nitrogens with zero attached hydrogens (tertiary/aromatic N) is 5. The Morgan fingerprint density at radius 2 is 1.64 bits per heavy atom. The van der Waals surface area contributed by atoms with Crippen molar-refractivity contribution in [2.45, 2.75) is 25.2 Å². The number of aliphatic carboxylic acids is 1. The van der Waals surface area contributed by atoms with Gasteiger partial charge in [-0.05, 0) is 67.2 Å². The fraction of sp³-hybridized carbons (Fsp3) is 0.278. The van der Waals surface area contributed by atoms with Crippen LogP contribution in [0.1, 0.15) is 28.5 Å². The maximum atomic E-state index is 13.5. The number of halogens is 6. The van der Waals surface area contributed by atoms with Crippen molar-refractivity contribution >= 4 is 75.2 Å². The van der Waals surface area contributed by atoms with Crippen molar-refractivity contribution in [3.8, 4) is 11.5 Å². The third-order valence-corrected chi connectivity index (χ3v) is 8.90. The molecule has 0 bridgehead atoms. The monoisotopic (exact) mass is 1020 g/mol. The van der Waals surface area contributed by atoms with E-state index in [1.54, 1.807) is 17.7 Å². The molecular formula is C36H38ClF5N7O14PS2. The summed E-state index contributed by atoms with van der Waals surface area (Å²) in [5.74, 6) is -5.55. The van der Waals surface area contributed by atoms with Gasteiger partial charge in [-0.25, -0.2) is 27.9 Å². The van der Waals surface area contributed by atoms with E-state index in [0.717, 1.165) is 53.0 Å². The molecule has 5 rings (SSSR count). The van der Waals surface area contributed by atoms with Crippen LogP contribution in [0.2, 0.25) is 5.02 Å². The molecule has 360 valence electrons. The molecule has 2 aromatic heterocycles. The smallest absolute Gasteiger partial charge is 0.416 e. The van der Waals surface area contributed by atoms with Crippen LogP contribution in [-0.4, -0.2) is 106 Å². The maximum Gasteiger partial charge on any atom is 0.416 e. The first kappa shape index (κ1) is 56.1. The number of para-hydroxylation sites is 1. The Kier molecular flexibility index (Phi) is 21.3. The van der Waals surface area contributed by atoms with Crippen LogP contribution in [0.4, 0.5) is 33.3 Å². The van der Waals surface area contributed by atoms with Gasteiger partial charge in [0.25, 0.3) is 26.6 Å². The van der Waals surface area contributed by atoms with Crippen molar-refractivity contribution in [3.63, 3.8) is 0 Å². The Morgan fingerprint density at radius 3 is 2.17 bits per heavy atom. The standard InChI is InChI=1S/C18H13ClF3NO7.C12H9F2N5O2S.C3H8NO5P.C3H9S/c1-2-28-16(24)9-29-17(25)12-8-11(4-5-14(12)23(26)27)30-15-6-3-10(7-13(15)19)18(20,21)22;1-7-5-6-19-11(15-7)16-12(17-19)22(20,21)18-10-8(13)3-2-4-9(10)14;5-3(6)1-4-2-10(7,8)9;1-4(2)3/h3-8H,2,9H2,1H3;2-6,18H,1H3;4H,1-2H2,(H,5,6)(H2,7,8,9);1-3H3/q;;;+1/p-1. The van der Waals surface area contributed by atoms with Crippen molar-refractivity contribution in [3.05, 3.63) is 110 Å². The Hall–Kier alpha value is -6.03. The van der Waals surface area contributed by atoms with E-state index >= 15 is 0 Å². The number of nitro groups is 1. The number of carbonyl (C=O) groups excluding carboxylic acids is 2. The first-order valence-corrected chi connectivity index (χ1v) is 23.9. The predicted octanol–water partition coefficient (Wildman–Crippen LogP) is 4.95. The number of anilines is 1. The number of rotatable bonds is 14. The molecule has 0 radical (unpaired) electrons. The molecule has 0 saturated carbocycles. The van der Waals surface area contributed by atoms with Gasteiger partial charge in [-0.1, -0.05) is 17.7 Å². The number of esters is 2. The van der Waals surface area contributed by atoms with Crippen LogP contribution in [0.15, 0.2) is 72.0 Å². The van der Waals surface area contributed by atoms with Gasteiger partial charge in [-0.3, -0.25) is 24.9 Å². The first-order valence-electron chi connectivity index (χ1n) is 17.8. The number of aromatic nitrogens is 4. The van der Waals surface area contributed by atoms with Crippen LogP contribution in [0.5, 0.6) is 11.5 Å². The van der Waals surface area contributed by atoms with Crippen molar-refractivity contribution < 1.29 is 83.3 Å².